The van der Waals surface area contributed by atoms with Gasteiger partial charge in [0.1, 0.15) is 13.2 Å². The highest BCUT2D eigenvalue weighted by Crippen LogP contribution is 2.30. The molecule has 0 fully saturated rings. The third-order valence-electron chi connectivity index (χ3n) is 4.31. The number of aryl methyl sites for hydroxylation is 1. The van der Waals surface area contributed by atoms with Gasteiger partial charge < -0.3 is 20.1 Å². The van der Waals surface area contributed by atoms with Gasteiger partial charge in [0.25, 0.3) is 0 Å². The second-order valence-corrected chi connectivity index (χ2v) is 6.24. The molecule has 5 nitrogen and oxygen atoms in total. The molecule has 3 rings (SSSR count). The van der Waals surface area contributed by atoms with Gasteiger partial charge in [-0.1, -0.05) is 36.4 Å². The lowest BCUT2D eigenvalue weighted by Crippen LogP contribution is -2.38. The number of ether oxygens (including phenoxy) is 2. The van der Waals surface area contributed by atoms with Crippen molar-refractivity contribution in [2.24, 2.45) is 4.99 Å². The maximum Gasteiger partial charge on any atom is 0.190 e. The molecule has 1 heterocycles. The number of benzene rings is 2. The zero-order valence-corrected chi connectivity index (χ0v) is 18.1. The van der Waals surface area contributed by atoms with Crippen molar-refractivity contribution >= 4 is 29.9 Å². The lowest BCUT2D eigenvalue weighted by molar-refractivity contribution is 0.171. The van der Waals surface area contributed by atoms with Crippen molar-refractivity contribution in [2.45, 2.75) is 19.3 Å². The number of nitrogens with zero attached hydrogens (tertiary/aromatic N) is 1. The third kappa shape index (κ3) is 6.93. The van der Waals surface area contributed by atoms with Crippen molar-refractivity contribution in [2.75, 3.05) is 33.4 Å². The normalized spacial score (nSPS) is 12.9. The van der Waals surface area contributed by atoms with Crippen LogP contribution >= 0.6 is 24.0 Å². The first-order valence-corrected chi connectivity index (χ1v) is 9.22. The average Bonchev–Trinajstić information content (AvgIpc) is 2.70. The van der Waals surface area contributed by atoms with Gasteiger partial charge in [0.15, 0.2) is 17.5 Å². The van der Waals surface area contributed by atoms with Gasteiger partial charge in [-0.2, -0.15) is 0 Å². The summed E-state index contributed by atoms with van der Waals surface area (Å²) in [5.41, 5.74) is 2.59. The van der Waals surface area contributed by atoms with Crippen molar-refractivity contribution in [3.63, 3.8) is 0 Å². The summed E-state index contributed by atoms with van der Waals surface area (Å²) in [6.45, 7) is 2.96. The van der Waals surface area contributed by atoms with Crippen LogP contribution in [0.3, 0.4) is 0 Å². The fraction of sp³-hybridized carbons (Fsp3) is 0.381. The summed E-state index contributed by atoms with van der Waals surface area (Å²) in [6.07, 6.45) is 3.05. The fourth-order valence-corrected chi connectivity index (χ4v) is 2.93. The molecule has 146 valence electrons. The Labute approximate surface area is 178 Å². The zero-order chi connectivity index (χ0) is 18.0. The summed E-state index contributed by atoms with van der Waals surface area (Å²) in [4.78, 5) is 4.28. The van der Waals surface area contributed by atoms with Crippen LogP contribution in [0.1, 0.15) is 17.5 Å². The third-order valence-corrected chi connectivity index (χ3v) is 4.31. The average molecular weight is 481 g/mol. The minimum Gasteiger partial charge on any atom is -0.486 e. The summed E-state index contributed by atoms with van der Waals surface area (Å²) in [5, 5.41) is 6.73. The molecular weight excluding hydrogens is 453 g/mol. The van der Waals surface area contributed by atoms with E-state index < -0.39 is 0 Å². The number of aliphatic imine (C=N–C) groups is 1. The van der Waals surface area contributed by atoms with E-state index in [4.69, 9.17) is 9.47 Å². The topological polar surface area (TPSA) is 54.9 Å². The smallest absolute Gasteiger partial charge is 0.190 e. The van der Waals surface area contributed by atoms with E-state index in [1.54, 1.807) is 7.05 Å². The standard InChI is InChI=1S/C21H27N3O2.HI/c1-22-21(23-12-5-8-17-6-3-2-4-7-17)24-13-11-18-9-10-19-20(16-18)26-15-14-25-19;/h2-4,6-7,9-10,16H,5,8,11-15H2,1H3,(H2,22,23,24);1H. The van der Waals surface area contributed by atoms with Gasteiger partial charge in [-0.15, -0.1) is 24.0 Å². The van der Waals surface area contributed by atoms with Gasteiger partial charge in [-0.05, 0) is 42.5 Å². The molecule has 0 atom stereocenters. The summed E-state index contributed by atoms with van der Waals surface area (Å²) < 4.78 is 11.2. The van der Waals surface area contributed by atoms with Gasteiger partial charge in [-0.25, -0.2) is 0 Å². The van der Waals surface area contributed by atoms with E-state index in [1.165, 1.54) is 11.1 Å². The predicted molar refractivity (Wildman–Crippen MR) is 121 cm³/mol. The molecule has 2 N–H and O–H groups in total. The van der Waals surface area contributed by atoms with Crippen LogP contribution in [0.15, 0.2) is 53.5 Å². The Hall–Kier alpha value is -1.96. The van der Waals surface area contributed by atoms with Gasteiger partial charge in [0.05, 0.1) is 0 Å². The molecule has 0 bridgehead atoms. The minimum absolute atomic E-state index is 0. The quantitative estimate of drug-likeness (QED) is 0.276. The maximum absolute atomic E-state index is 5.63. The highest BCUT2D eigenvalue weighted by molar-refractivity contribution is 14.0. The first-order valence-electron chi connectivity index (χ1n) is 9.22. The number of hydrogen-bond acceptors (Lipinski definition) is 3. The summed E-state index contributed by atoms with van der Waals surface area (Å²) in [7, 11) is 1.80. The molecule has 2 aromatic carbocycles. The molecule has 1 aliphatic heterocycles. The van der Waals surface area contributed by atoms with E-state index in [1.807, 2.05) is 6.07 Å². The first kappa shape index (κ1) is 21.3. The lowest BCUT2D eigenvalue weighted by Gasteiger charge is -2.19. The maximum atomic E-state index is 5.63. The van der Waals surface area contributed by atoms with Crippen molar-refractivity contribution in [3.05, 3.63) is 59.7 Å². The molecule has 1 aliphatic rings. The van der Waals surface area contributed by atoms with Crippen LogP contribution in [0.4, 0.5) is 0 Å². The van der Waals surface area contributed by atoms with Crippen LogP contribution in [0, 0.1) is 0 Å². The number of fused-ring (bicyclic) bond motifs is 1. The van der Waals surface area contributed by atoms with E-state index >= 15 is 0 Å². The SMILES string of the molecule is CN=C(NCCCc1ccccc1)NCCc1ccc2c(c1)OCCO2.I. The Kier molecular flexibility index (Phi) is 9.24. The second kappa shape index (κ2) is 11.7. The number of rotatable bonds is 7. The molecule has 0 aliphatic carbocycles. The van der Waals surface area contributed by atoms with Crippen molar-refractivity contribution in [3.8, 4) is 11.5 Å². The molecule has 6 heteroatoms. The Bertz CT molecular complexity index is 723. The highest BCUT2D eigenvalue weighted by Gasteiger charge is 2.11. The molecule has 0 spiro atoms. The number of halogens is 1. The van der Waals surface area contributed by atoms with Crippen LogP contribution in [0.2, 0.25) is 0 Å². The monoisotopic (exact) mass is 481 g/mol. The Morgan fingerprint density at radius 1 is 0.889 bits per heavy atom. The van der Waals surface area contributed by atoms with E-state index in [0.29, 0.717) is 13.2 Å². The molecule has 2 aromatic rings. The minimum atomic E-state index is 0. The molecule has 0 radical (unpaired) electrons. The van der Waals surface area contributed by atoms with Crippen LogP contribution in [0.5, 0.6) is 11.5 Å². The fourth-order valence-electron chi connectivity index (χ4n) is 2.93. The number of hydrogen-bond donors (Lipinski definition) is 2. The molecule has 0 amide bonds. The van der Waals surface area contributed by atoms with E-state index in [2.05, 4.69) is 58.1 Å². The van der Waals surface area contributed by atoms with Crippen LogP contribution < -0.4 is 20.1 Å². The predicted octanol–water partition coefficient (Wildman–Crippen LogP) is 3.42. The largest absolute Gasteiger partial charge is 0.486 e. The van der Waals surface area contributed by atoms with E-state index in [0.717, 1.165) is 49.8 Å². The number of guanidine groups is 1. The summed E-state index contributed by atoms with van der Waals surface area (Å²) in [6, 6.07) is 16.7. The molecular formula is C21H28IN3O2. The molecule has 0 saturated carbocycles. The van der Waals surface area contributed by atoms with Gasteiger partial charge in [-0.3, -0.25) is 4.99 Å². The summed E-state index contributed by atoms with van der Waals surface area (Å²) >= 11 is 0. The Morgan fingerprint density at radius 2 is 1.63 bits per heavy atom. The van der Waals surface area contributed by atoms with Gasteiger partial charge in [0, 0.05) is 20.1 Å². The summed E-state index contributed by atoms with van der Waals surface area (Å²) in [5.74, 6) is 2.52. The number of nitrogens with one attached hydrogen (secondary N) is 2. The second-order valence-electron chi connectivity index (χ2n) is 6.24. The lowest BCUT2D eigenvalue weighted by atomic mass is 10.1. The molecule has 0 unspecified atom stereocenters. The van der Waals surface area contributed by atoms with Crippen LogP contribution in [-0.2, 0) is 12.8 Å². The first-order chi connectivity index (χ1) is 12.8. The van der Waals surface area contributed by atoms with Crippen LogP contribution in [-0.4, -0.2) is 39.3 Å². The molecule has 0 aromatic heterocycles. The van der Waals surface area contributed by atoms with Crippen LogP contribution in [0.25, 0.3) is 0 Å². The Balaban J connectivity index is 0.00000261. The van der Waals surface area contributed by atoms with Gasteiger partial charge >= 0.3 is 0 Å². The molecule has 27 heavy (non-hydrogen) atoms. The van der Waals surface area contributed by atoms with E-state index in [-0.39, 0.29) is 24.0 Å². The zero-order valence-electron chi connectivity index (χ0n) is 15.7. The van der Waals surface area contributed by atoms with Gasteiger partial charge in [0.2, 0.25) is 0 Å². The van der Waals surface area contributed by atoms with Crippen molar-refractivity contribution in [1.82, 2.24) is 10.6 Å². The van der Waals surface area contributed by atoms with Crippen molar-refractivity contribution in [1.29, 1.82) is 0 Å². The Morgan fingerprint density at radius 3 is 2.41 bits per heavy atom. The molecule has 0 saturated heterocycles. The van der Waals surface area contributed by atoms with E-state index in [9.17, 15) is 0 Å². The van der Waals surface area contributed by atoms with Crippen molar-refractivity contribution < 1.29 is 9.47 Å². The highest BCUT2D eigenvalue weighted by atomic mass is 127.